The van der Waals surface area contributed by atoms with Crippen LogP contribution in [0, 0.1) is 0 Å². The van der Waals surface area contributed by atoms with Gasteiger partial charge in [0.1, 0.15) is 5.39 Å². The van der Waals surface area contributed by atoms with Gasteiger partial charge in [-0.25, -0.2) is 14.3 Å². The predicted octanol–water partition coefficient (Wildman–Crippen LogP) is 4.09. The van der Waals surface area contributed by atoms with E-state index in [1.54, 1.807) is 24.0 Å². The maximum atomic E-state index is 13.4. The van der Waals surface area contributed by atoms with Gasteiger partial charge in [-0.1, -0.05) is 26.8 Å². The fourth-order valence-corrected chi connectivity index (χ4v) is 5.14. The number of carbonyl (C=O) groups excluding carboxylic acids is 1. The van der Waals surface area contributed by atoms with Crippen LogP contribution < -0.4 is 16.2 Å². The second kappa shape index (κ2) is 10.8. The van der Waals surface area contributed by atoms with Crippen molar-refractivity contribution in [3.63, 3.8) is 0 Å². The van der Waals surface area contributed by atoms with Crippen LogP contribution in [0.2, 0.25) is 0 Å². The summed E-state index contributed by atoms with van der Waals surface area (Å²) >= 11 is 0. The van der Waals surface area contributed by atoms with E-state index in [9.17, 15) is 9.59 Å². The molecule has 1 amide bonds. The van der Waals surface area contributed by atoms with E-state index in [2.05, 4.69) is 58.4 Å². The van der Waals surface area contributed by atoms with Gasteiger partial charge in [-0.15, -0.1) is 0 Å². The molecule has 0 aliphatic carbocycles. The van der Waals surface area contributed by atoms with Crippen LogP contribution >= 0.6 is 0 Å². The Balaban J connectivity index is 1.48. The molecule has 10 nitrogen and oxygen atoms in total. The molecule has 210 valence electrons. The van der Waals surface area contributed by atoms with Crippen LogP contribution in [0.5, 0.6) is 0 Å². The molecule has 1 aromatic carbocycles. The molecule has 0 spiro atoms. The minimum atomic E-state index is -0.143. The van der Waals surface area contributed by atoms with E-state index in [0.717, 1.165) is 43.1 Å². The summed E-state index contributed by atoms with van der Waals surface area (Å²) in [6.45, 7) is 15.1. The Morgan fingerprint density at radius 2 is 1.90 bits per heavy atom. The molecule has 1 aliphatic rings. The topological polar surface area (TPSA) is 110 Å². The molecule has 5 rings (SSSR count). The number of amides is 1. The average molecular weight is 543 g/mol. The van der Waals surface area contributed by atoms with Crippen molar-refractivity contribution in [2.75, 3.05) is 25.0 Å². The first-order chi connectivity index (χ1) is 19.0. The van der Waals surface area contributed by atoms with Crippen molar-refractivity contribution in [1.82, 2.24) is 34.5 Å². The molecular formula is C30H38N8O2. The standard InChI is InChI=1S/C30H38N8O2/c1-19(2)37-28(40)25-17-33-29(35-27(25)38(37)24-9-11-32-26(16-24)30(4,5)6)34-23-8-7-21-10-13-36(18-22(21)15-23)14-12-31-20(3)39/h7-9,11,15-17,19H,10,12-14,18H2,1-6H3,(H,31,39)(H,33,34,35). The van der Waals surface area contributed by atoms with E-state index in [-0.39, 0.29) is 22.9 Å². The monoisotopic (exact) mass is 542 g/mol. The quantitative estimate of drug-likeness (QED) is 0.362. The van der Waals surface area contributed by atoms with Crippen LogP contribution in [0.25, 0.3) is 16.7 Å². The number of fused-ring (bicyclic) bond motifs is 2. The number of nitrogens with zero attached hydrogens (tertiary/aromatic N) is 6. The van der Waals surface area contributed by atoms with Gasteiger partial charge in [0.25, 0.3) is 5.56 Å². The summed E-state index contributed by atoms with van der Waals surface area (Å²) in [6.07, 6.45) is 4.36. The van der Waals surface area contributed by atoms with E-state index in [1.807, 2.05) is 36.7 Å². The minimum Gasteiger partial charge on any atom is -0.355 e. The highest BCUT2D eigenvalue weighted by molar-refractivity contribution is 5.77. The molecule has 0 unspecified atom stereocenters. The number of anilines is 2. The third-order valence-electron chi connectivity index (χ3n) is 7.22. The molecule has 0 atom stereocenters. The number of benzene rings is 1. The Morgan fingerprint density at radius 3 is 2.62 bits per heavy atom. The number of pyridine rings is 1. The van der Waals surface area contributed by atoms with Crippen LogP contribution in [0.4, 0.5) is 11.6 Å². The van der Waals surface area contributed by atoms with Crippen LogP contribution in [0.1, 0.15) is 64.4 Å². The molecule has 0 fully saturated rings. The smallest absolute Gasteiger partial charge is 0.278 e. The van der Waals surface area contributed by atoms with Gasteiger partial charge in [-0.05, 0) is 55.7 Å². The molecular weight excluding hydrogens is 504 g/mol. The van der Waals surface area contributed by atoms with E-state index in [4.69, 9.17) is 4.98 Å². The highest BCUT2D eigenvalue weighted by Gasteiger charge is 2.22. The normalized spacial score (nSPS) is 14.0. The number of carbonyl (C=O) groups is 1. The summed E-state index contributed by atoms with van der Waals surface area (Å²) in [5.74, 6) is 0.416. The Bertz CT molecular complexity index is 1610. The first-order valence-corrected chi connectivity index (χ1v) is 13.8. The second-order valence-electron chi connectivity index (χ2n) is 11.8. The molecule has 4 aromatic rings. The van der Waals surface area contributed by atoms with Gasteiger partial charge in [-0.3, -0.25) is 19.5 Å². The fraction of sp³-hybridized carbons (Fsp3) is 0.433. The molecule has 3 aromatic heterocycles. The van der Waals surface area contributed by atoms with Gasteiger partial charge < -0.3 is 10.6 Å². The van der Waals surface area contributed by atoms with Crippen molar-refractivity contribution >= 4 is 28.6 Å². The number of hydrogen-bond donors (Lipinski definition) is 2. The molecule has 0 saturated heterocycles. The average Bonchev–Trinajstić information content (AvgIpc) is 3.19. The summed E-state index contributed by atoms with van der Waals surface area (Å²) in [5.41, 5.74) is 5.50. The Kier molecular flexibility index (Phi) is 7.46. The van der Waals surface area contributed by atoms with Gasteiger partial charge in [0.2, 0.25) is 11.9 Å². The number of nitrogens with one attached hydrogen (secondary N) is 2. The van der Waals surface area contributed by atoms with Crippen molar-refractivity contribution in [3.05, 3.63) is 69.9 Å². The zero-order valence-electron chi connectivity index (χ0n) is 24.2. The lowest BCUT2D eigenvalue weighted by Gasteiger charge is -2.29. The van der Waals surface area contributed by atoms with Crippen LogP contribution in [0.15, 0.2) is 47.5 Å². The van der Waals surface area contributed by atoms with Crippen molar-refractivity contribution < 1.29 is 4.79 Å². The van der Waals surface area contributed by atoms with Gasteiger partial charge in [0, 0.05) is 68.3 Å². The minimum absolute atomic E-state index is 0.00593. The second-order valence-corrected chi connectivity index (χ2v) is 11.8. The van der Waals surface area contributed by atoms with Gasteiger partial charge in [0.05, 0.1) is 5.69 Å². The van der Waals surface area contributed by atoms with Crippen LogP contribution in [-0.2, 0) is 23.2 Å². The van der Waals surface area contributed by atoms with Crippen LogP contribution in [-0.4, -0.2) is 54.8 Å². The van der Waals surface area contributed by atoms with Gasteiger partial charge >= 0.3 is 0 Å². The zero-order valence-corrected chi connectivity index (χ0v) is 24.2. The number of rotatable bonds is 7. The Labute approximate surface area is 234 Å². The summed E-state index contributed by atoms with van der Waals surface area (Å²) in [5, 5.41) is 6.70. The van der Waals surface area contributed by atoms with Gasteiger partial charge in [0.15, 0.2) is 5.65 Å². The number of hydrogen-bond acceptors (Lipinski definition) is 7. The molecule has 0 saturated carbocycles. The van der Waals surface area contributed by atoms with E-state index in [1.165, 1.54) is 11.1 Å². The van der Waals surface area contributed by atoms with Gasteiger partial charge in [-0.2, -0.15) is 4.98 Å². The van der Waals surface area contributed by atoms with Crippen molar-refractivity contribution in [2.24, 2.45) is 0 Å². The first-order valence-electron chi connectivity index (χ1n) is 13.8. The molecule has 4 heterocycles. The Morgan fingerprint density at radius 1 is 1.10 bits per heavy atom. The highest BCUT2D eigenvalue weighted by atomic mass is 16.1. The fourth-order valence-electron chi connectivity index (χ4n) is 5.14. The summed E-state index contributed by atoms with van der Waals surface area (Å²) < 4.78 is 3.60. The highest BCUT2D eigenvalue weighted by Crippen LogP contribution is 2.27. The lowest BCUT2D eigenvalue weighted by molar-refractivity contribution is -0.119. The maximum absolute atomic E-state index is 13.4. The third kappa shape index (κ3) is 5.62. The van der Waals surface area contributed by atoms with Crippen molar-refractivity contribution in [3.8, 4) is 5.69 Å². The van der Waals surface area contributed by atoms with E-state index in [0.29, 0.717) is 23.5 Å². The van der Waals surface area contributed by atoms with E-state index >= 15 is 0 Å². The van der Waals surface area contributed by atoms with Crippen LogP contribution in [0.3, 0.4) is 0 Å². The SMILES string of the molecule is CC(=O)NCCN1CCc2ccc(Nc3ncc4c(=O)n(C(C)C)n(-c5ccnc(C(C)(C)C)c5)c4n3)cc2C1. The summed E-state index contributed by atoms with van der Waals surface area (Å²) in [7, 11) is 0. The molecule has 10 heteroatoms. The molecule has 1 aliphatic heterocycles. The first kappa shape index (κ1) is 27.5. The largest absolute Gasteiger partial charge is 0.355 e. The molecule has 0 radical (unpaired) electrons. The molecule has 0 bridgehead atoms. The van der Waals surface area contributed by atoms with Crippen molar-refractivity contribution in [2.45, 2.75) is 66.0 Å². The van der Waals surface area contributed by atoms with Crippen molar-refractivity contribution in [1.29, 1.82) is 0 Å². The Hall–Kier alpha value is -4.05. The number of aromatic nitrogens is 5. The van der Waals surface area contributed by atoms with E-state index < -0.39 is 0 Å². The zero-order chi connectivity index (χ0) is 28.6. The molecule has 2 N–H and O–H groups in total. The third-order valence-corrected chi connectivity index (χ3v) is 7.22. The predicted molar refractivity (Wildman–Crippen MR) is 157 cm³/mol. The maximum Gasteiger partial charge on any atom is 0.278 e. The summed E-state index contributed by atoms with van der Waals surface area (Å²) in [6, 6.07) is 10.2. The molecule has 40 heavy (non-hydrogen) atoms. The summed E-state index contributed by atoms with van der Waals surface area (Å²) in [4.78, 5) is 40.9. The lowest BCUT2D eigenvalue weighted by Crippen LogP contribution is -2.37. The lowest BCUT2D eigenvalue weighted by atomic mass is 9.91.